The van der Waals surface area contributed by atoms with E-state index >= 15 is 0 Å². The van der Waals surface area contributed by atoms with E-state index in [1.165, 1.54) is 55.6 Å². The molecule has 5 aromatic rings. The van der Waals surface area contributed by atoms with Crippen LogP contribution < -0.4 is 0 Å². The highest BCUT2D eigenvalue weighted by molar-refractivity contribution is 5.81. The van der Waals surface area contributed by atoms with Crippen LogP contribution in [-0.2, 0) is 85.6 Å². The number of fused-ring (bicyclic) bond motifs is 5. The molecule has 5 spiro atoms. The molecule has 4 N–H and O–H groups in total. The van der Waals surface area contributed by atoms with Crippen LogP contribution in [0.2, 0.25) is 0 Å². The second-order valence-electron chi connectivity index (χ2n) is 32.4. The van der Waals surface area contributed by atoms with Gasteiger partial charge in [0, 0.05) is 101 Å². The fraction of sp³-hybridized carbons (Fsp3) is 0.593. The lowest BCUT2D eigenvalue weighted by atomic mass is 9.52. The van der Waals surface area contributed by atoms with Gasteiger partial charge in [0.25, 0.3) is 0 Å². The molecule has 20 aliphatic rings. The zero-order valence-corrected chi connectivity index (χ0v) is 62.9. The van der Waals surface area contributed by atoms with Crippen molar-refractivity contribution in [3.8, 4) is 0 Å². The number of aliphatic carboxylic acids is 2. The number of hydrogen-bond donors (Lipinski definition) is 2. The summed E-state index contributed by atoms with van der Waals surface area (Å²) in [4.78, 5) is 61.1. The number of carboxylic acid groups (broad SMARTS) is 2. The minimum absolute atomic E-state index is 0. The van der Waals surface area contributed by atoms with Crippen molar-refractivity contribution < 1.29 is 108 Å². The maximum absolute atomic E-state index is 12.6. The molecule has 15 unspecified atom stereocenters. The lowest BCUT2D eigenvalue weighted by molar-refractivity contribution is -0.222. The Balaban J connectivity index is 0.000000135. The van der Waals surface area contributed by atoms with Gasteiger partial charge in [-0.1, -0.05) is 129 Å². The van der Waals surface area contributed by atoms with Crippen LogP contribution in [0.4, 0.5) is 0 Å². The first kappa shape index (κ1) is 81.5. The molecule has 5 saturated carbocycles. The van der Waals surface area contributed by atoms with E-state index in [4.69, 9.17) is 61.6 Å². The molecule has 109 heavy (non-hydrogen) atoms. The van der Waals surface area contributed by atoms with Crippen molar-refractivity contribution in [3.63, 3.8) is 0 Å². The summed E-state index contributed by atoms with van der Waals surface area (Å²) in [6.07, 6.45) is 6.94. The summed E-state index contributed by atoms with van der Waals surface area (Å²) in [5.41, 5.74) is 9.98. The van der Waals surface area contributed by atoms with E-state index in [1.807, 2.05) is 90.9 Å². The third kappa shape index (κ3) is 12.9. The van der Waals surface area contributed by atoms with Gasteiger partial charge >= 0.3 is 29.8 Å². The first-order chi connectivity index (χ1) is 50.6. The molecule has 15 atom stereocenters. The minimum Gasteiger partial charge on any atom is -0.870 e. The maximum atomic E-state index is 12.6. The normalized spacial score (nSPS) is 33.8. The molecule has 5 aliphatic heterocycles. The number of esters is 3. The molecule has 22 nitrogen and oxygen atoms in total. The summed E-state index contributed by atoms with van der Waals surface area (Å²) >= 11 is 0. The van der Waals surface area contributed by atoms with Crippen LogP contribution in [0.1, 0.15) is 236 Å². The average Bonchev–Trinajstić information content (AvgIpc) is 1.00. The minimum atomic E-state index is -0.723. The molecule has 25 rings (SSSR count). The molecule has 5 aromatic carbocycles. The van der Waals surface area contributed by atoms with E-state index in [-0.39, 0.29) is 111 Å². The number of ether oxygens (including phenoxy) is 13. The quantitative estimate of drug-likeness (QED) is 0.0828. The summed E-state index contributed by atoms with van der Waals surface area (Å²) in [5.74, 6) is -3.90. The zero-order chi connectivity index (χ0) is 73.1. The summed E-state index contributed by atoms with van der Waals surface area (Å²) in [6, 6.07) is 41.6. The molecule has 0 aromatic heterocycles. The Morgan fingerprint density at radius 1 is 0.339 bits per heavy atom. The van der Waals surface area contributed by atoms with Gasteiger partial charge in [0.2, 0.25) is 0 Å². The van der Waals surface area contributed by atoms with Gasteiger partial charge in [0.05, 0.1) is 113 Å². The zero-order valence-electron chi connectivity index (χ0n) is 62.9. The topological polar surface area (TPSA) is 306 Å². The Kier molecular flexibility index (Phi) is 23.1. The highest BCUT2D eigenvalue weighted by Crippen LogP contribution is 2.69. The highest BCUT2D eigenvalue weighted by atomic mass is 16.8. The van der Waals surface area contributed by atoms with Crippen molar-refractivity contribution in [1.29, 1.82) is 0 Å². The largest absolute Gasteiger partial charge is 0.870 e. The molecule has 0 amide bonds. The van der Waals surface area contributed by atoms with E-state index in [0.717, 1.165) is 38.5 Å². The summed E-state index contributed by atoms with van der Waals surface area (Å²) in [6.45, 7) is 21.0. The molecule has 10 fully saturated rings. The highest BCUT2D eigenvalue weighted by Gasteiger charge is 2.68. The molecule has 23 heteroatoms. The Morgan fingerprint density at radius 2 is 0.560 bits per heavy atom. The second kappa shape index (κ2) is 30.8. The van der Waals surface area contributed by atoms with Crippen LogP contribution >= 0.6 is 0 Å². The molecule has 10 bridgehead atoms. The standard InChI is InChI=1S/2C18H22O4.C17H20O4.2C16H18O4.CH4.B.2H2O.H2/c2*1-3-20-16(19)17(2)10-15-13-7-5-4-6-12(13)14(17)11-18(15)21-8-9-22-18;1-2-19-16(18)13-9-15-12-6-4-3-5-11(12)14(13)10-17(15)20-7-8-21-17;2*1-15(14(17)18)8-13-11-5-3-2-4-10(11)12(15)9-16(13)19-6-7-20-16;;;;;/h2*4-7,14-15H,3,8-11H2,1-2H3;3-6,13-15H,2,7-10H2,1H3;2*2-5,12-13H,6-9H2,1H3,(H,17,18);1H4;;2*1H2;1H/p-2/i;;;;;;;;;1+1. The fourth-order valence-electron chi connectivity index (χ4n) is 22.3. The lowest BCUT2D eigenvalue weighted by Crippen LogP contribution is -2.55. The summed E-state index contributed by atoms with van der Waals surface area (Å²) in [7, 11) is 0. The predicted octanol–water partition coefficient (Wildman–Crippen LogP) is 13.7. The van der Waals surface area contributed by atoms with Crippen LogP contribution in [0.25, 0.3) is 0 Å². The summed E-state index contributed by atoms with van der Waals surface area (Å²) in [5, 5.41) is 19.4. The van der Waals surface area contributed by atoms with Gasteiger partial charge in [-0.15, -0.1) is 0 Å². The van der Waals surface area contributed by atoms with Gasteiger partial charge in [-0.2, -0.15) is 0 Å². The van der Waals surface area contributed by atoms with E-state index in [9.17, 15) is 34.2 Å². The van der Waals surface area contributed by atoms with Crippen molar-refractivity contribution in [2.75, 3.05) is 85.9 Å². The Morgan fingerprint density at radius 3 is 0.817 bits per heavy atom. The molecule has 5 saturated heterocycles. The monoisotopic (exact) mass is 1500 g/mol. The second-order valence-corrected chi connectivity index (χ2v) is 32.4. The molecule has 5 heterocycles. The van der Waals surface area contributed by atoms with Crippen molar-refractivity contribution in [2.45, 2.75) is 208 Å². The first-order valence-corrected chi connectivity index (χ1v) is 38.4. The SMILES string of the molecule is C.CC1(C(=O)O)CC2c3ccccc3C1CC21OCCO1.CC1(C(=O)O)CC2c3ccccc3C1CC21OCCO1.CCOC(=O)C1(C)CC2c3ccccc3C1CC21OCCO1.CCOC(=O)C1(C)CC2c3ccccc3C1CC21OCCO1.CCOC(=O)C1CC2c3ccccc3C1CC21OCCO1.[2HH].[B].[OH-].[OH-]. The van der Waals surface area contributed by atoms with Gasteiger partial charge < -0.3 is 82.7 Å². The van der Waals surface area contributed by atoms with Gasteiger partial charge in [-0.3, -0.25) is 24.0 Å². The number of rotatable bonds is 8. The number of carbonyl (C=O) groups is 5. The third-order valence-electron chi connectivity index (χ3n) is 27.4. The third-order valence-corrected chi connectivity index (χ3v) is 27.4. The molecular formula is C86H108BO22-2. The van der Waals surface area contributed by atoms with Crippen molar-refractivity contribution >= 4 is 38.3 Å². The van der Waals surface area contributed by atoms with E-state index in [1.54, 1.807) is 0 Å². The lowest BCUT2D eigenvalue weighted by Gasteiger charge is -2.55. The average molecular weight is 1510 g/mol. The Labute approximate surface area is 642 Å². The Hall–Kier alpha value is -6.97. The molecule has 3 radical (unpaired) electrons. The fourth-order valence-corrected chi connectivity index (χ4v) is 22.3. The number of carboxylic acids is 2. The smallest absolute Gasteiger partial charge is 0.312 e. The predicted molar refractivity (Wildman–Crippen MR) is 399 cm³/mol. The molecule has 589 valence electrons. The van der Waals surface area contributed by atoms with Crippen molar-refractivity contribution in [3.05, 3.63) is 177 Å². The van der Waals surface area contributed by atoms with Crippen LogP contribution in [0.3, 0.4) is 0 Å². The van der Waals surface area contributed by atoms with Crippen LogP contribution in [-0.4, -0.2) is 174 Å². The molecular weight excluding hydrogens is 1400 g/mol. The van der Waals surface area contributed by atoms with Crippen LogP contribution in [0, 0.1) is 27.6 Å². The van der Waals surface area contributed by atoms with E-state index in [2.05, 4.69) is 78.9 Å². The van der Waals surface area contributed by atoms with E-state index < -0.39 is 62.5 Å². The Bertz CT molecular complexity index is 3950. The number of benzene rings is 5. The summed E-state index contributed by atoms with van der Waals surface area (Å²) < 4.78 is 75.9. The number of carbonyl (C=O) groups excluding carboxylic acids is 3. The van der Waals surface area contributed by atoms with Crippen LogP contribution in [0.5, 0.6) is 0 Å². The van der Waals surface area contributed by atoms with Crippen molar-refractivity contribution in [1.82, 2.24) is 0 Å². The van der Waals surface area contributed by atoms with Crippen molar-refractivity contribution in [2.24, 2.45) is 27.6 Å². The maximum Gasteiger partial charge on any atom is 0.312 e. The van der Waals surface area contributed by atoms with E-state index in [0.29, 0.717) is 112 Å². The van der Waals surface area contributed by atoms with Gasteiger partial charge in [0.1, 0.15) is 0 Å². The molecule has 15 aliphatic carbocycles. The van der Waals surface area contributed by atoms with Gasteiger partial charge in [-0.25, -0.2) is 0 Å². The van der Waals surface area contributed by atoms with Crippen LogP contribution in [0.15, 0.2) is 121 Å². The number of hydrogen-bond acceptors (Lipinski definition) is 20. The van der Waals surface area contributed by atoms with Gasteiger partial charge in [-0.05, 0) is 136 Å². The van der Waals surface area contributed by atoms with Gasteiger partial charge in [0.15, 0.2) is 28.9 Å². The first-order valence-electron chi connectivity index (χ1n) is 38.4.